The minimum atomic E-state index is -3.27. The highest BCUT2D eigenvalue weighted by Crippen LogP contribution is 2.30. The van der Waals surface area contributed by atoms with Gasteiger partial charge in [-0.1, -0.05) is 12.8 Å². The average Bonchev–Trinajstić information content (AvgIpc) is 3.23. The fraction of sp³-hybridized carbons (Fsp3) is 0.650. The maximum Gasteiger partial charge on any atom is 0.253 e. The van der Waals surface area contributed by atoms with Gasteiger partial charge in [0.05, 0.1) is 22.9 Å². The van der Waals surface area contributed by atoms with Crippen molar-refractivity contribution < 1.29 is 22.7 Å². The molecule has 1 aliphatic carbocycles. The summed E-state index contributed by atoms with van der Waals surface area (Å²) in [6.45, 7) is 2.87. The van der Waals surface area contributed by atoms with E-state index in [1.807, 2.05) is 0 Å². The van der Waals surface area contributed by atoms with Crippen molar-refractivity contribution in [3.05, 3.63) is 24.3 Å². The lowest BCUT2D eigenvalue weighted by atomic mass is 10.1. The number of hydrogen-bond donors (Lipinski definition) is 1. The molecule has 1 saturated heterocycles. The molecule has 1 aromatic carbocycles. The van der Waals surface area contributed by atoms with Crippen LogP contribution in [0.2, 0.25) is 0 Å². The molecule has 2 atom stereocenters. The van der Waals surface area contributed by atoms with Crippen LogP contribution in [-0.4, -0.2) is 45.0 Å². The first-order valence-electron chi connectivity index (χ1n) is 9.85. The van der Waals surface area contributed by atoms with Crippen LogP contribution in [0.5, 0.6) is 0 Å². The van der Waals surface area contributed by atoms with E-state index in [4.69, 9.17) is 9.47 Å². The van der Waals surface area contributed by atoms with Gasteiger partial charge in [-0.2, -0.15) is 0 Å². The third kappa shape index (κ3) is 5.30. The van der Waals surface area contributed by atoms with Crippen molar-refractivity contribution in [1.29, 1.82) is 0 Å². The lowest BCUT2D eigenvalue weighted by Crippen LogP contribution is -2.32. The van der Waals surface area contributed by atoms with Gasteiger partial charge in [0.1, 0.15) is 6.10 Å². The first-order chi connectivity index (χ1) is 13.0. The van der Waals surface area contributed by atoms with E-state index in [1.165, 1.54) is 0 Å². The second-order valence-electron chi connectivity index (χ2n) is 7.43. The standard InChI is InChI=1S/C20H29NO5S/c1-15(26-14-17-6-4-5-13-25-17)20(22)21-16-9-11-19(12-10-16)27(23,24)18-7-2-3-8-18/h9-12,15,17-18H,2-8,13-14H2,1H3,(H,21,22). The molecule has 1 amide bonds. The SMILES string of the molecule is CC(OCC1CCCCO1)C(=O)Nc1ccc(S(=O)(=O)C2CCCC2)cc1. The summed E-state index contributed by atoms with van der Waals surface area (Å²) in [6, 6.07) is 6.42. The molecule has 2 aliphatic rings. The molecule has 1 aliphatic heterocycles. The Labute approximate surface area is 161 Å². The Morgan fingerprint density at radius 3 is 2.44 bits per heavy atom. The highest BCUT2D eigenvalue weighted by Gasteiger charge is 2.30. The van der Waals surface area contributed by atoms with Gasteiger partial charge in [-0.25, -0.2) is 8.42 Å². The van der Waals surface area contributed by atoms with Crippen molar-refractivity contribution in [2.24, 2.45) is 0 Å². The van der Waals surface area contributed by atoms with Crippen molar-refractivity contribution in [2.75, 3.05) is 18.5 Å². The van der Waals surface area contributed by atoms with Gasteiger partial charge < -0.3 is 14.8 Å². The van der Waals surface area contributed by atoms with Crippen LogP contribution in [0.15, 0.2) is 29.2 Å². The van der Waals surface area contributed by atoms with Crippen LogP contribution in [0.25, 0.3) is 0 Å². The molecule has 2 fully saturated rings. The van der Waals surface area contributed by atoms with E-state index in [-0.39, 0.29) is 17.3 Å². The highest BCUT2D eigenvalue weighted by atomic mass is 32.2. The third-order valence-corrected chi connectivity index (χ3v) is 7.65. The second-order valence-corrected chi connectivity index (χ2v) is 9.66. The number of benzene rings is 1. The van der Waals surface area contributed by atoms with Crippen LogP contribution >= 0.6 is 0 Å². The molecule has 7 heteroatoms. The van der Waals surface area contributed by atoms with Crippen molar-refractivity contribution in [2.45, 2.75) is 74.2 Å². The summed E-state index contributed by atoms with van der Waals surface area (Å²) in [5.41, 5.74) is 0.565. The zero-order valence-corrected chi connectivity index (χ0v) is 16.7. The average molecular weight is 396 g/mol. The minimum absolute atomic E-state index is 0.0640. The molecule has 1 N–H and O–H groups in total. The summed E-state index contributed by atoms with van der Waals surface area (Å²) < 4.78 is 36.4. The quantitative estimate of drug-likeness (QED) is 0.766. The molecule has 6 nitrogen and oxygen atoms in total. The normalized spacial score (nSPS) is 22.5. The number of carbonyl (C=O) groups is 1. The van der Waals surface area contributed by atoms with Gasteiger partial charge >= 0.3 is 0 Å². The molecule has 27 heavy (non-hydrogen) atoms. The highest BCUT2D eigenvalue weighted by molar-refractivity contribution is 7.92. The molecule has 1 heterocycles. The Balaban J connectivity index is 1.51. The van der Waals surface area contributed by atoms with E-state index in [2.05, 4.69) is 5.32 Å². The van der Waals surface area contributed by atoms with Gasteiger partial charge in [-0.05, 0) is 63.3 Å². The number of amides is 1. The molecule has 3 rings (SSSR count). The van der Waals surface area contributed by atoms with Crippen LogP contribution in [0.4, 0.5) is 5.69 Å². The fourth-order valence-corrected chi connectivity index (χ4v) is 5.48. The summed E-state index contributed by atoms with van der Waals surface area (Å²) in [5.74, 6) is -0.253. The fourth-order valence-electron chi connectivity index (χ4n) is 3.63. The number of sulfone groups is 1. The van der Waals surface area contributed by atoms with E-state index in [9.17, 15) is 13.2 Å². The Morgan fingerprint density at radius 1 is 1.15 bits per heavy atom. The predicted octanol–water partition coefficient (Wildman–Crippen LogP) is 3.32. The Kier molecular flexibility index (Phi) is 6.89. The number of carbonyl (C=O) groups excluding carboxylic acids is 1. The lowest BCUT2D eigenvalue weighted by molar-refractivity contribution is -0.130. The first-order valence-corrected chi connectivity index (χ1v) is 11.4. The zero-order valence-electron chi connectivity index (χ0n) is 15.9. The second kappa shape index (κ2) is 9.17. The molecule has 0 aromatic heterocycles. The van der Waals surface area contributed by atoms with Crippen LogP contribution in [0, 0.1) is 0 Å². The maximum absolute atomic E-state index is 12.6. The molecule has 0 radical (unpaired) electrons. The van der Waals surface area contributed by atoms with Crippen molar-refractivity contribution >= 4 is 21.4 Å². The van der Waals surface area contributed by atoms with Crippen molar-refractivity contribution in [3.63, 3.8) is 0 Å². The molecular formula is C20H29NO5S. The maximum atomic E-state index is 12.6. The molecular weight excluding hydrogens is 366 g/mol. The smallest absolute Gasteiger partial charge is 0.253 e. The number of anilines is 1. The summed E-state index contributed by atoms with van der Waals surface area (Å²) in [4.78, 5) is 12.6. The third-order valence-electron chi connectivity index (χ3n) is 5.37. The van der Waals surface area contributed by atoms with E-state index in [1.54, 1.807) is 31.2 Å². The number of hydrogen-bond acceptors (Lipinski definition) is 5. The number of rotatable bonds is 7. The Bertz CT molecular complexity index is 719. The molecule has 0 bridgehead atoms. The molecule has 2 unspecified atom stereocenters. The largest absolute Gasteiger partial charge is 0.376 e. The van der Waals surface area contributed by atoms with Crippen LogP contribution in [0.3, 0.4) is 0 Å². The molecule has 0 spiro atoms. The van der Waals surface area contributed by atoms with E-state index in [0.717, 1.165) is 51.6 Å². The van der Waals surface area contributed by atoms with Crippen molar-refractivity contribution in [3.8, 4) is 0 Å². The van der Waals surface area contributed by atoms with E-state index in [0.29, 0.717) is 17.2 Å². The molecule has 150 valence electrons. The van der Waals surface area contributed by atoms with Gasteiger partial charge in [0.25, 0.3) is 5.91 Å². The van der Waals surface area contributed by atoms with Crippen molar-refractivity contribution in [1.82, 2.24) is 0 Å². The Morgan fingerprint density at radius 2 is 1.81 bits per heavy atom. The van der Waals surface area contributed by atoms with Crippen LogP contribution in [-0.2, 0) is 24.1 Å². The van der Waals surface area contributed by atoms with Gasteiger partial charge in [0.2, 0.25) is 0 Å². The topological polar surface area (TPSA) is 81.7 Å². The van der Waals surface area contributed by atoms with Gasteiger partial charge in [0, 0.05) is 12.3 Å². The summed E-state index contributed by atoms with van der Waals surface area (Å²) in [6.07, 6.45) is 6.06. The lowest BCUT2D eigenvalue weighted by Gasteiger charge is -2.23. The van der Waals surface area contributed by atoms with E-state index >= 15 is 0 Å². The summed E-state index contributed by atoms with van der Waals surface area (Å²) in [7, 11) is -3.27. The number of nitrogens with one attached hydrogen (secondary N) is 1. The summed E-state index contributed by atoms with van der Waals surface area (Å²) in [5, 5.41) is 2.51. The van der Waals surface area contributed by atoms with Gasteiger partial charge in [-0.3, -0.25) is 4.79 Å². The molecule has 1 aromatic rings. The van der Waals surface area contributed by atoms with E-state index < -0.39 is 15.9 Å². The predicted molar refractivity (Wildman–Crippen MR) is 104 cm³/mol. The van der Waals surface area contributed by atoms with Gasteiger partial charge in [-0.15, -0.1) is 0 Å². The first kappa shape index (κ1) is 20.3. The minimum Gasteiger partial charge on any atom is -0.376 e. The Hall–Kier alpha value is -1.44. The summed E-state index contributed by atoms with van der Waals surface area (Å²) >= 11 is 0. The monoisotopic (exact) mass is 395 g/mol. The number of ether oxygens (including phenoxy) is 2. The zero-order chi connectivity index (χ0) is 19.3. The van der Waals surface area contributed by atoms with Crippen LogP contribution < -0.4 is 5.32 Å². The van der Waals surface area contributed by atoms with Gasteiger partial charge in [0.15, 0.2) is 9.84 Å². The van der Waals surface area contributed by atoms with Crippen LogP contribution in [0.1, 0.15) is 51.9 Å². The molecule has 1 saturated carbocycles.